The van der Waals surface area contributed by atoms with Gasteiger partial charge in [-0.15, -0.1) is 0 Å². The summed E-state index contributed by atoms with van der Waals surface area (Å²) < 4.78 is 44.8. The fourth-order valence-corrected chi connectivity index (χ4v) is 2.63. The third kappa shape index (κ3) is 2.51. The molecule has 1 saturated carbocycles. The summed E-state index contributed by atoms with van der Waals surface area (Å²) in [7, 11) is 0. The van der Waals surface area contributed by atoms with Gasteiger partial charge < -0.3 is 9.73 Å². The van der Waals surface area contributed by atoms with Crippen molar-refractivity contribution in [2.75, 3.05) is 0 Å². The highest BCUT2D eigenvalue weighted by Gasteiger charge is 2.42. The second-order valence-corrected chi connectivity index (χ2v) is 5.56. The van der Waals surface area contributed by atoms with E-state index in [1.807, 2.05) is 6.07 Å². The van der Waals surface area contributed by atoms with Crippen LogP contribution in [0.15, 0.2) is 41.1 Å². The third-order valence-corrected chi connectivity index (χ3v) is 3.90. The summed E-state index contributed by atoms with van der Waals surface area (Å²) >= 11 is 0. The van der Waals surface area contributed by atoms with Crippen LogP contribution in [0.1, 0.15) is 34.3 Å². The molecule has 9 heteroatoms. The number of alkyl halides is 3. The molecule has 0 bridgehead atoms. The maximum Gasteiger partial charge on any atom is 0.433 e. The Morgan fingerprint density at radius 1 is 1.38 bits per heavy atom. The fourth-order valence-electron chi connectivity index (χ4n) is 2.63. The zero-order chi connectivity index (χ0) is 16.9. The van der Waals surface area contributed by atoms with Gasteiger partial charge in [-0.25, -0.2) is 9.50 Å². The Hall–Kier alpha value is -2.84. The predicted octanol–water partition coefficient (Wildman–Crippen LogP) is 2.63. The summed E-state index contributed by atoms with van der Waals surface area (Å²) in [6.45, 7) is 0. The lowest BCUT2D eigenvalue weighted by Crippen LogP contribution is -2.27. The zero-order valence-corrected chi connectivity index (χ0v) is 12.1. The number of furan rings is 1. The molecule has 0 saturated heterocycles. The van der Waals surface area contributed by atoms with Gasteiger partial charge in [0.05, 0.1) is 6.26 Å². The molecule has 2 atom stereocenters. The standard InChI is InChI=1S/C15H11F3N4O2/c16-15(17,18)12-3-4-19-13-7-10(21-22(12)13)14(23)20-9-6-8(9)11-2-1-5-24-11/h1-5,7-9H,6H2,(H,20,23)/t8-,9-/m1/s1. The molecule has 24 heavy (non-hydrogen) atoms. The molecule has 3 heterocycles. The number of hydrogen-bond donors (Lipinski definition) is 1. The van der Waals surface area contributed by atoms with E-state index in [4.69, 9.17) is 4.42 Å². The molecule has 0 aliphatic heterocycles. The number of hydrogen-bond acceptors (Lipinski definition) is 4. The molecule has 0 spiro atoms. The molecular weight excluding hydrogens is 325 g/mol. The number of halogens is 3. The van der Waals surface area contributed by atoms with E-state index in [9.17, 15) is 18.0 Å². The van der Waals surface area contributed by atoms with E-state index in [-0.39, 0.29) is 23.3 Å². The highest BCUT2D eigenvalue weighted by Crippen LogP contribution is 2.41. The second kappa shape index (κ2) is 5.08. The molecule has 0 radical (unpaired) electrons. The van der Waals surface area contributed by atoms with Gasteiger partial charge in [-0.2, -0.15) is 18.3 Å². The average molecular weight is 336 g/mol. The Morgan fingerprint density at radius 2 is 2.21 bits per heavy atom. The molecule has 1 N–H and O–H groups in total. The molecule has 3 aromatic heterocycles. The average Bonchev–Trinajstić information content (AvgIpc) is 2.96. The molecule has 124 valence electrons. The Balaban J connectivity index is 1.55. The molecule has 1 aliphatic rings. The van der Waals surface area contributed by atoms with E-state index in [1.165, 1.54) is 6.07 Å². The minimum atomic E-state index is -4.58. The molecule has 6 nitrogen and oxygen atoms in total. The Labute approximate surface area is 133 Å². The maximum atomic E-state index is 13.0. The van der Waals surface area contributed by atoms with Crippen molar-refractivity contribution in [3.63, 3.8) is 0 Å². The molecule has 4 rings (SSSR count). The van der Waals surface area contributed by atoms with Crippen LogP contribution < -0.4 is 5.32 Å². The normalized spacial score (nSPS) is 20.3. The van der Waals surface area contributed by atoms with Crippen LogP contribution in [-0.2, 0) is 6.18 Å². The molecular formula is C15H11F3N4O2. The van der Waals surface area contributed by atoms with E-state index < -0.39 is 17.8 Å². The Morgan fingerprint density at radius 3 is 2.92 bits per heavy atom. The Bertz CT molecular complexity index is 901. The first-order valence-corrected chi connectivity index (χ1v) is 7.20. The maximum absolute atomic E-state index is 13.0. The molecule has 3 aromatic rings. The molecule has 0 aromatic carbocycles. The second-order valence-electron chi connectivity index (χ2n) is 5.56. The van der Waals surface area contributed by atoms with Crippen molar-refractivity contribution in [1.29, 1.82) is 0 Å². The van der Waals surface area contributed by atoms with Gasteiger partial charge in [0.1, 0.15) is 11.5 Å². The number of rotatable bonds is 3. The first kappa shape index (κ1) is 14.7. The van der Waals surface area contributed by atoms with Crippen LogP contribution in [0.4, 0.5) is 13.2 Å². The van der Waals surface area contributed by atoms with Crippen molar-refractivity contribution in [3.8, 4) is 0 Å². The van der Waals surface area contributed by atoms with Crippen molar-refractivity contribution in [2.24, 2.45) is 0 Å². The van der Waals surface area contributed by atoms with Gasteiger partial charge in [0.2, 0.25) is 0 Å². The quantitative estimate of drug-likeness (QED) is 0.798. The minimum Gasteiger partial charge on any atom is -0.469 e. The van der Waals surface area contributed by atoms with Crippen LogP contribution in [0, 0.1) is 0 Å². The zero-order valence-electron chi connectivity index (χ0n) is 12.1. The summed E-state index contributed by atoms with van der Waals surface area (Å²) in [6.07, 6.45) is -1.27. The van der Waals surface area contributed by atoms with Gasteiger partial charge in [0, 0.05) is 24.2 Å². The highest BCUT2D eigenvalue weighted by atomic mass is 19.4. The van der Waals surface area contributed by atoms with E-state index in [0.29, 0.717) is 4.52 Å². The number of carbonyl (C=O) groups is 1. The van der Waals surface area contributed by atoms with Gasteiger partial charge in [0.15, 0.2) is 11.3 Å². The lowest BCUT2D eigenvalue weighted by Gasteiger charge is -2.07. The number of nitrogens with zero attached hydrogens (tertiary/aromatic N) is 3. The van der Waals surface area contributed by atoms with Gasteiger partial charge >= 0.3 is 6.18 Å². The van der Waals surface area contributed by atoms with Crippen LogP contribution in [-0.4, -0.2) is 26.5 Å². The van der Waals surface area contributed by atoms with Gasteiger partial charge in [-0.05, 0) is 24.6 Å². The van der Waals surface area contributed by atoms with Crippen LogP contribution >= 0.6 is 0 Å². The number of carbonyl (C=O) groups excluding carboxylic acids is 1. The lowest BCUT2D eigenvalue weighted by molar-refractivity contribution is -0.142. The summed E-state index contributed by atoms with van der Waals surface area (Å²) in [5.74, 6) is 0.328. The predicted molar refractivity (Wildman–Crippen MR) is 75.3 cm³/mol. The smallest absolute Gasteiger partial charge is 0.433 e. The van der Waals surface area contributed by atoms with E-state index in [0.717, 1.165) is 24.4 Å². The molecule has 0 unspecified atom stereocenters. The molecule has 1 fully saturated rings. The third-order valence-electron chi connectivity index (χ3n) is 3.90. The van der Waals surface area contributed by atoms with Crippen LogP contribution in [0.5, 0.6) is 0 Å². The monoisotopic (exact) mass is 336 g/mol. The summed E-state index contributed by atoms with van der Waals surface area (Å²) in [6, 6.07) is 5.52. The summed E-state index contributed by atoms with van der Waals surface area (Å²) in [5.41, 5.74) is -1.12. The topological polar surface area (TPSA) is 72.4 Å². The fraction of sp³-hybridized carbons (Fsp3) is 0.267. The number of nitrogens with one attached hydrogen (secondary N) is 1. The lowest BCUT2D eigenvalue weighted by atomic mass is 10.3. The summed E-state index contributed by atoms with van der Waals surface area (Å²) in [4.78, 5) is 16.0. The number of amides is 1. The SMILES string of the molecule is O=C(N[C@@H]1C[C@H]1c1ccco1)c1cc2nccc(C(F)(F)F)n2n1. The van der Waals surface area contributed by atoms with E-state index >= 15 is 0 Å². The van der Waals surface area contributed by atoms with Crippen molar-refractivity contribution in [3.05, 3.63) is 53.9 Å². The summed E-state index contributed by atoms with van der Waals surface area (Å²) in [5, 5.41) is 6.49. The van der Waals surface area contributed by atoms with Crippen molar-refractivity contribution < 1.29 is 22.4 Å². The van der Waals surface area contributed by atoms with Crippen molar-refractivity contribution in [2.45, 2.75) is 24.6 Å². The Kier molecular flexibility index (Phi) is 3.12. The van der Waals surface area contributed by atoms with Crippen LogP contribution in [0.25, 0.3) is 5.65 Å². The van der Waals surface area contributed by atoms with Crippen molar-refractivity contribution in [1.82, 2.24) is 19.9 Å². The minimum absolute atomic E-state index is 0.0339. The van der Waals surface area contributed by atoms with Gasteiger partial charge in [0.25, 0.3) is 5.91 Å². The van der Waals surface area contributed by atoms with Crippen LogP contribution in [0.2, 0.25) is 0 Å². The van der Waals surface area contributed by atoms with Crippen molar-refractivity contribution >= 4 is 11.6 Å². The molecule has 1 amide bonds. The van der Waals surface area contributed by atoms with Gasteiger partial charge in [-0.1, -0.05) is 0 Å². The van der Waals surface area contributed by atoms with E-state index in [2.05, 4.69) is 15.4 Å². The largest absolute Gasteiger partial charge is 0.469 e. The first-order chi connectivity index (χ1) is 11.4. The van der Waals surface area contributed by atoms with Crippen LogP contribution in [0.3, 0.4) is 0 Å². The first-order valence-electron chi connectivity index (χ1n) is 7.20. The highest BCUT2D eigenvalue weighted by molar-refractivity contribution is 5.93. The van der Waals surface area contributed by atoms with Gasteiger partial charge in [-0.3, -0.25) is 4.79 Å². The number of fused-ring (bicyclic) bond motifs is 1. The number of aromatic nitrogens is 3. The molecule has 1 aliphatic carbocycles. The van der Waals surface area contributed by atoms with E-state index in [1.54, 1.807) is 12.3 Å².